The normalized spacial score (nSPS) is 30.4. The van der Waals surface area contributed by atoms with Crippen molar-refractivity contribution in [1.29, 1.82) is 0 Å². The van der Waals surface area contributed by atoms with Crippen molar-refractivity contribution >= 4 is 17.2 Å². The third-order valence-corrected chi connectivity index (χ3v) is 5.27. The quantitative estimate of drug-likeness (QED) is 0.879. The van der Waals surface area contributed by atoms with Gasteiger partial charge in [-0.25, -0.2) is 0 Å². The molecule has 0 radical (unpaired) electrons. The number of thiophene rings is 1. The Morgan fingerprint density at radius 2 is 2.11 bits per heavy atom. The molecule has 2 aliphatic heterocycles. The fourth-order valence-corrected chi connectivity index (χ4v) is 3.97. The van der Waals surface area contributed by atoms with E-state index in [0.29, 0.717) is 18.1 Å². The Hall–Kier alpha value is -0.870. The van der Waals surface area contributed by atoms with E-state index in [9.17, 15) is 4.79 Å². The molecule has 0 saturated carbocycles. The summed E-state index contributed by atoms with van der Waals surface area (Å²) in [5.41, 5.74) is 0. The van der Waals surface area contributed by atoms with Crippen LogP contribution in [0.5, 0.6) is 0 Å². The summed E-state index contributed by atoms with van der Waals surface area (Å²) in [4.78, 5) is 14.3. The molecule has 18 heavy (non-hydrogen) atoms. The smallest absolute Gasteiger partial charge is 0.261 e. The molecule has 1 aromatic rings. The van der Waals surface area contributed by atoms with Gasteiger partial charge in [0.2, 0.25) is 0 Å². The fraction of sp³-hybridized carbons (Fsp3) is 0.643. The Labute approximate surface area is 112 Å². The van der Waals surface area contributed by atoms with Gasteiger partial charge in [0, 0.05) is 23.0 Å². The van der Waals surface area contributed by atoms with Crippen LogP contribution in [0.25, 0.3) is 0 Å². The van der Waals surface area contributed by atoms with Crippen molar-refractivity contribution in [3.8, 4) is 0 Å². The second-order valence-corrected chi connectivity index (χ2v) is 6.57. The fourth-order valence-electron chi connectivity index (χ4n) is 3.12. The van der Waals surface area contributed by atoms with Gasteiger partial charge in [-0.3, -0.25) is 4.79 Å². The van der Waals surface area contributed by atoms with E-state index >= 15 is 0 Å². The molecule has 1 amide bonds. The Morgan fingerprint density at radius 3 is 2.72 bits per heavy atom. The standard InChI is InChI=1S/C14H20N2OS/c1-2-12-5-6-13(18-12)14(17)16-11-7-9-3-4-10(8-11)15-9/h5-6,9-11,15H,2-4,7-8H2,1H3,(H,16,17). The number of amides is 1. The number of carbonyl (C=O) groups is 1. The summed E-state index contributed by atoms with van der Waals surface area (Å²) in [6.07, 6.45) is 5.74. The number of hydrogen-bond donors (Lipinski definition) is 2. The van der Waals surface area contributed by atoms with Crippen LogP contribution in [0.1, 0.15) is 47.2 Å². The lowest BCUT2D eigenvalue weighted by atomic mass is 10.00. The SMILES string of the molecule is CCc1ccc(C(=O)NC2CC3CCC(C2)N3)s1. The van der Waals surface area contributed by atoms with E-state index in [1.54, 1.807) is 11.3 Å². The van der Waals surface area contributed by atoms with Crippen molar-refractivity contribution in [3.05, 3.63) is 21.9 Å². The molecule has 3 heterocycles. The molecule has 0 aromatic carbocycles. The number of piperidine rings is 1. The highest BCUT2D eigenvalue weighted by atomic mass is 32.1. The average Bonchev–Trinajstić information content (AvgIpc) is 2.96. The van der Waals surface area contributed by atoms with E-state index in [4.69, 9.17) is 0 Å². The van der Waals surface area contributed by atoms with E-state index in [-0.39, 0.29) is 5.91 Å². The van der Waals surface area contributed by atoms with E-state index in [1.807, 2.05) is 6.07 Å². The van der Waals surface area contributed by atoms with Gasteiger partial charge < -0.3 is 10.6 Å². The average molecular weight is 264 g/mol. The van der Waals surface area contributed by atoms with E-state index in [1.165, 1.54) is 17.7 Å². The molecular formula is C14H20N2OS. The molecule has 2 bridgehead atoms. The second-order valence-electron chi connectivity index (χ2n) is 5.40. The minimum absolute atomic E-state index is 0.117. The zero-order valence-electron chi connectivity index (χ0n) is 10.7. The predicted octanol–water partition coefficient (Wildman–Crippen LogP) is 2.32. The molecule has 2 fully saturated rings. The van der Waals surface area contributed by atoms with Gasteiger partial charge in [-0.2, -0.15) is 0 Å². The van der Waals surface area contributed by atoms with Crippen LogP contribution in [0.2, 0.25) is 0 Å². The molecule has 3 nitrogen and oxygen atoms in total. The first-order valence-corrected chi connectivity index (χ1v) is 7.72. The topological polar surface area (TPSA) is 41.1 Å². The minimum atomic E-state index is 0.117. The Bertz CT molecular complexity index is 431. The molecule has 2 saturated heterocycles. The zero-order chi connectivity index (χ0) is 12.5. The summed E-state index contributed by atoms with van der Waals surface area (Å²) >= 11 is 1.62. The van der Waals surface area contributed by atoms with Crippen LogP contribution in [0.3, 0.4) is 0 Å². The lowest BCUT2D eigenvalue weighted by Crippen LogP contribution is -2.47. The minimum Gasteiger partial charge on any atom is -0.348 e. The third-order valence-electron chi connectivity index (χ3n) is 4.04. The van der Waals surface area contributed by atoms with Gasteiger partial charge in [-0.1, -0.05) is 6.92 Å². The summed E-state index contributed by atoms with van der Waals surface area (Å²) in [6.45, 7) is 2.12. The van der Waals surface area contributed by atoms with Gasteiger partial charge in [0.25, 0.3) is 5.91 Å². The van der Waals surface area contributed by atoms with E-state index < -0.39 is 0 Å². The van der Waals surface area contributed by atoms with Gasteiger partial charge in [-0.05, 0) is 44.2 Å². The predicted molar refractivity (Wildman–Crippen MR) is 74.1 cm³/mol. The van der Waals surface area contributed by atoms with Crippen molar-refractivity contribution in [1.82, 2.24) is 10.6 Å². The highest BCUT2D eigenvalue weighted by molar-refractivity contribution is 7.14. The first kappa shape index (κ1) is 12.2. The van der Waals surface area contributed by atoms with E-state index in [2.05, 4.69) is 23.6 Å². The summed E-state index contributed by atoms with van der Waals surface area (Å²) in [5.74, 6) is 0.117. The number of hydrogen-bond acceptors (Lipinski definition) is 3. The van der Waals surface area contributed by atoms with Gasteiger partial charge in [0.15, 0.2) is 0 Å². The van der Waals surface area contributed by atoms with Crippen molar-refractivity contribution in [3.63, 3.8) is 0 Å². The maximum atomic E-state index is 12.2. The molecule has 0 spiro atoms. The molecular weight excluding hydrogens is 244 g/mol. The Kier molecular flexibility index (Phi) is 3.39. The van der Waals surface area contributed by atoms with Gasteiger partial charge in [-0.15, -0.1) is 11.3 Å². The molecule has 1 aromatic heterocycles. The number of rotatable bonds is 3. The summed E-state index contributed by atoms with van der Waals surface area (Å²) in [7, 11) is 0. The van der Waals surface area contributed by atoms with Crippen LogP contribution in [-0.4, -0.2) is 24.0 Å². The third kappa shape index (κ3) is 2.45. The highest BCUT2D eigenvalue weighted by Gasteiger charge is 2.34. The largest absolute Gasteiger partial charge is 0.348 e. The van der Waals surface area contributed by atoms with Crippen molar-refractivity contribution in [2.45, 2.75) is 57.2 Å². The molecule has 98 valence electrons. The van der Waals surface area contributed by atoms with Crippen molar-refractivity contribution < 1.29 is 4.79 Å². The first-order chi connectivity index (χ1) is 8.74. The van der Waals surface area contributed by atoms with Gasteiger partial charge in [0.05, 0.1) is 4.88 Å². The van der Waals surface area contributed by atoms with Crippen molar-refractivity contribution in [2.24, 2.45) is 0 Å². The zero-order valence-corrected chi connectivity index (χ0v) is 11.6. The Balaban J connectivity index is 1.60. The van der Waals surface area contributed by atoms with Crippen molar-refractivity contribution in [2.75, 3.05) is 0 Å². The number of fused-ring (bicyclic) bond motifs is 2. The van der Waals surface area contributed by atoms with Crippen LogP contribution >= 0.6 is 11.3 Å². The molecule has 2 atom stereocenters. The molecule has 3 rings (SSSR count). The molecule has 2 aliphatic rings. The maximum absolute atomic E-state index is 12.2. The van der Waals surface area contributed by atoms with Gasteiger partial charge >= 0.3 is 0 Å². The lowest BCUT2D eigenvalue weighted by molar-refractivity contribution is 0.0928. The monoisotopic (exact) mass is 264 g/mol. The highest BCUT2D eigenvalue weighted by Crippen LogP contribution is 2.27. The number of nitrogens with one attached hydrogen (secondary N) is 2. The van der Waals surface area contributed by atoms with Gasteiger partial charge in [0.1, 0.15) is 0 Å². The molecule has 2 unspecified atom stereocenters. The summed E-state index contributed by atoms with van der Waals surface area (Å²) in [6, 6.07) is 5.64. The maximum Gasteiger partial charge on any atom is 0.261 e. The first-order valence-electron chi connectivity index (χ1n) is 6.90. The number of aryl methyl sites for hydroxylation is 1. The van der Waals surface area contributed by atoms with Crippen LogP contribution < -0.4 is 10.6 Å². The lowest BCUT2D eigenvalue weighted by Gasteiger charge is -2.29. The van der Waals surface area contributed by atoms with E-state index in [0.717, 1.165) is 24.1 Å². The van der Waals surface area contributed by atoms with Crippen LogP contribution in [0.15, 0.2) is 12.1 Å². The van der Waals surface area contributed by atoms with Crippen LogP contribution in [0.4, 0.5) is 0 Å². The Morgan fingerprint density at radius 1 is 1.39 bits per heavy atom. The summed E-state index contributed by atoms with van der Waals surface area (Å²) < 4.78 is 0. The molecule has 4 heteroatoms. The summed E-state index contributed by atoms with van der Waals surface area (Å²) in [5, 5.41) is 6.80. The molecule has 2 N–H and O–H groups in total. The van der Waals surface area contributed by atoms with Crippen LogP contribution in [-0.2, 0) is 6.42 Å². The van der Waals surface area contributed by atoms with Crippen LogP contribution in [0, 0.1) is 0 Å². The second kappa shape index (κ2) is 5.02. The molecule has 0 aliphatic carbocycles. The number of carbonyl (C=O) groups excluding carboxylic acids is 1.